The van der Waals surface area contributed by atoms with E-state index in [0.717, 1.165) is 0 Å². The van der Waals surface area contributed by atoms with E-state index >= 15 is 0 Å². The first-order valence-corrected chi connectivity index (χ1v) is 3.02. The second kappa shape index (κ2) is 4.06. The van der Waals surface area contributed by atoms with Crippen LogP contribution in [0.4, 0.5) is 0 Å². The molecule has 0 aliphatic heterocycles. The van der Waals surface area contributed by atoms with Crippen molar-refractivity contribution in [1.29, 1.82) is 0 Å². The predicted octanol–water partition coefficient (Wildman–Crippen LogP) is -1.66. The van der Waals surface area contributed by atoms with Crippen LogP contribution in [0.3, 0.4) is 0 Å². The summed E-state index contributed by atoms with van der Waals surface area (Å²) in [5, 5.41) is 8.26. The van der Waals surface area contributed by atoms with Crippen molar-refractivity contribution < 1.29 is 14.7 Å². The number of hydrogen-bond acceptors (Lipinski definition) is 3. The standard InChI is InChI=1S/C5H10BNO3/c6-4(8)2-1-3(7)5(9)10/h3H,1-2,6-7H2,(H,9,10). The van der Waals surface area contributed by atoms with E-state index in [2.05, 4.69) is 0 Å². The molecule has 3 N–H and O–H groups in total. The Balaban J connectivity index is 3.49. The number of carboxylic acid groups (broad SMARTS) is 1. The van der Waals surface area contributed by atoms with Crippen LogP contribution >= 0.6 is 0 Å². The van der Waals surface area contributed by atoms with E-state index in [1.165, 1.54) is 7.85 Å². The van der Waals surface area contributed by atoms with Crippen LogP contribution < -0.4 is 5.73 Å². The van der Waals surface area contributed by atoms with Gasteiger partial charge in [0.1, 0.15) is 6.04 Å². The van der Waals surface area contributed by atoms with E-state index in [1.54, 1.807) is 0 Å². The number of carboxylic acids is 1. The monoisotopic (exact) mass is 143 g/mol. The molecule has 0 radical (unpaired) electrons. The molecule has 1 unspecified atom stereocenters. The van der Waals surface area contributed by atoms with Crippen LogP contribution in [-0.4, -0.2) is 30.6 Å². The van der Waals surface area contributed by atoms with Crippen molar-refractivity contribution >= 4 is 19.5 Å². The van der Waals surface area contributed by atoms with Gasteiger partial charge in [0.15, 0.2) is 7.85 Å². The minimum Gasteiger partial charge on any atom is -0.480 e. The normalized spacial score (nSPS) is 12.5. The van der Waals surface area contributed by atoms with Gasteiger partial charge in [0.25, 0.3) is 0 Å². The lowest BCUT2D eigenvalue weighted by atomic mass is 9.96. The number of carbonyl (C=O) groups is 2. The summed E-state index contributed by atoms with van der Waals surface area (Å²) in [5.74, 6) is -1.05. The predicted molar refractivity (Wildman–Crippen MR) is 38.4 cm³/mol. The molecule has 0 fully saturated rings. The largest absolute Gasteiger partial charge is 0.480 e. The van der Waals surface area contributed by atoms with Crippen molar-refractivity contribution in [3.63, 3.8) is 0 Å². The maximum atomic E-state index is 10.3. The lowest BCUT2D eigenvalue weighted by molar-refractivity contribution is -0.138. The molecular formula is C5H10BNO3. The summed E-state index contributed by atoms with van der Waals surface area (Å²) in [6, 6.07) is -0.899. The zero-order chi connectivity index (χ0) is 8.15. The first-order valence-electron chi connectivity index (χ1n) is 3.02. The Morgan fingerprint density at radius 2 is 2.10 bits per heavy atom. The molecule has 56 valence electrons. The van der Waals surface area contributed by atoms with Crippen LogP contribution in [0.5, 0.6) is 0 Å². The minimum absolute atomic E-state index is 0.0308. The van der Waals surface area contributed by atoms with Crippen LogP contribution in [0.1, 0.15) is 12.8 Å². The molecule has 0 rings (SSSR count). The Kier molecular flexibility index (Phi) is 3.72. The van der Waals surface area contributed by atoms with Crippen LogP contribution in [0.25, 0.3) is 0 Å². The van der Waals surface area contributed by atoms with Crippen molar-refractivity contribution in [2.45, 2.75) is 18.9 Å². The first-order chi connectivity index (χ1) is 4.54. The van der Waals surface area contributed by atoms with E-state index in [9.17, 15) is 9.59 Å². The van der Waals surface area contributed by atoms with Gasteiger partial charge in [-0.15, -0.1) is 0 Å². The Bertz CT molecular complexity index is 148. The summed E-state index contributed by atoms with van der Waals surface area (Å²) in [4.78, 5) is 20.4. The molecule has 5 heteroatoms. The van der Waals surface area contributed by atoms with Crippen molar-refractivity contribution in [2.75, 3.05) is 0 Å². The van der Waals surface area contributed by atoms with Gasteiger partial charge < -0.3 is 15.6 Å². The summed E-state index contributed by atoms with van der Waals surface area (Å²) >= 11 is 0. The maximum Gasteiger partial charge on any atom is 0.320 e. The summed E-state index contributed by atoms with van der Waals surface area (Å²) < 4.78 is 0. The zero-order valence-electron chi connectivity index (χ0n) is 5.83. The summed E-state index contributed by atoms with van der Waals surface area (Å²) in [5.41, 5.74) is 5.08. The number of rotatable bonds is 4. The maximum absolute atomic E-state index is 10.3. The fourth-order valence-corrected chi connectivity index (χ4v) is 0.482. The molecule has 0 aliphatic rings. The molecule has 0 bridgehead atoms. The van der Waals surface area contributed by atoms with Gasteiger partial charge in [0.2, 0.25) is 0 Å². The third-order valence-corrected chi connectivity index (χ3v) is 1.12. The van der Waals surface area contributed by atoms with E-state index in [-0.39, 0.29) is 18.5 Å². The molecule has 0 aromatic carbocycles. The third-order valence-electron chi connectivity index (χ3n) is 1.12. The van der Waals surface area contributed by atoms with Gasteiger partial charge in [-0.25, -0.2) is 0 Å². The SMILES string of the molecule is BC(=O)CCC(N)C(=O)O. The van der Waals surface area contributed by atoms with Crippen LogP contribution in [-0.2, 0) is 9.59 Å². The summed E-state index contributed by atoms with van der Waals surface area (Å²) in [6.45, 7) is 0. The first kappa shape index (κ1) is 9.16. The molecular weight excluding hydrogens is 133 g/mol. The van der Waals surface area contributed by atoms with Gasteiger partial charge in [-0.1, -0.05) is 0 Å². The average Bonchev–Trinajstić information content (AvgIpc) is 1.82. The molecule has 0 aliphatic carbocycles. The Morgan fingerprint density at radius 3 is 2.40 bits per heavy atom. The number of carbonyl (C=O) groups excluding carboxylic acids is 1. The highest BCUT2D eigenvalue weighted by Crippen LogP contribution is 1.93. The van der Waals surface area contributed by atoms with E-state index < -0.39 is 12.0 Å². The molecule has 0 heterocycles. The van der Waals surface area contributed by atoms with Gasteiger partial charge in [-0.3, -0.25) is 4.79 Å². The number of aliphatic carboxylic acids is 1. The van der Waals surface area contributed by atoms with Gasteiger partial charge in [-0.05, 0) is 12.8 Å². The van der Waals surface area contributed by atoms with E-state index in [1.807, 2.05) is 0 Å². The van der Waals surface area contributed by atoms with Crippen molar-refractivity contribution in [1.82, 2.24) is 0 Å². The number of hydrogen-bond donors (Lipinski definition) is 2. The Hall–Kier alpha value is -0.835. The topological polar surface area (TPSA) is 80.4 Å². The number of nitrogens with two attached hydrogens (primary N) is 1. The molecule has 1 atom stereocenters. The summed E-state index contributed by atoms with van der Waals surface area (Å²) in [6.07, 6.45) is 0.470. The van der Waals surface area contributed by atoms with Gasteiger partial charge in [-0.2, -0.15) is 0 Å². The fraction of sp³-hybridized carbons (Fsp3) is 0.600. The van der Waals surface area contributed by atoms with Crippen LogP contribution in [0.2, 0.25) is 0 Å². The summed E-state index contributed by atoms with van der Waals surface area (Å²) in [7, 11) is 1.41. The highest BCUT2D eigenvalue weighted by molar-refractivity contribution is 6.57. The van der Waals surface area contributed by atoms with Gasteiger partial charge in [0, 0.05) is 0 Å². The molecule has 4 nitrogen and oxygen atoms in total. The Labute approximate surface area is 59.8 Å². The zero-order valence-corrected chi connectivity index (χ0v) is 5.83. The smallest absolute Gasteiger partial charge is 0.320 e. The highest BCUT2D eigenvalue weighted by atomic mass is 16.4. The van der Waals surface area contributed by atoms with Crippen molar-refractivity contribution in [2.24, 2.45) is 5.73 Å². The quantitative estimate of drug-likeness (QED) is 0.461. The second-order valence-electron chi connectivity index (χ2n) is 2.19. The lowest BCUT2D eigenvalue weighted by Gasteiger charge is -2.02. The van der Waals surface area contributed by atoms with Gasteiger partial charge in [0.05, 0.1) is 5.68 Å². The molecule has 0 aromatic rings. The van der Waals surface area contributed by atoms with Crippen LogP contribution in [0, 0.1) is 0 Å². The molecule has 0 spiro atoms. The van der Waals surface area contributed by atoms with E-state index in [0.29, 0.717) is 0 Å². The third kappa shape index (κ3) is 4.08. The molecule has 0 saturated heterocycles. The molecule has 0 aromatic heterocycles. The fourth-order valence-electron chi connectivity index (χ4n) is 0.482. The van der Waals surface area contributed by atoms with Gasteiger partial charge >= 0.3 is 5.97 Å². The molecule has 0 saturated carbocycles. The van der Waals surface area contributed by atoms with Crippen molar-refractivity contribution in [3.05, 3.63) is 0 Å². The highest BCUT2D eigenvalue weighted by Gasteiger charge is 2.10. The second-order valence-corrected chi connectivity index (χ2v) is 2.19. The average molecular weight is 143 g/mol. The van der Waals surface area contributed by atoms with Crippen molar-refractivity contribution in [3.8, 4) is 0 Å². The van der Waals surface area contributed by atoms with E-state index in [4.69, 9.17) is 10.8 Å². The minimum atomic E-state index is -1.05. The molecule has 0 amide bonds. The Morgan fingerprint density at radius 1 is 1.60 bits per heavy atom. The lowest BCUT2D eigenvalue weighted by Crippen LogP contribution is -2.30. The van der Waals surface area contributed by atoms with Crippen LogP contribution in [0.15, 0.2) is 0 Å². The molecule has 10 heavy (non-hydrogen) atoms.